The van der Waals surface area contributed by atoms with Gasteiger partial charge in [0.05, 0.1) is 5.69 Å². The molecule has 0 fully saturated rings. The van der Waals surface area contributed by atoms with Crippen molar-refractivity contribution in [2.75, 3.05) is 5.32 Å². The lowest BCUT2D eigenvalue weighted by Crippen LogP contribution is -1.97. The van der Waals surface area contributed by atoms with Crippen LogP contribution in [0.3, 0.4) is 0 Å². The number of hydrogen-bond donors (Lipinski definition) is 3. The molecule has 29 heavy (non-hydrogen) atoms. The van der Waals surface area contributed by atoms with Crippen molar-refractivity contribution in [3.63, 3.8) is 0 Å². The Kier molecular flexibility index (Phi) is 5.01. The highest BCUT2D eigenvalue weighted by Crippen LogP contribution is 2.34. The van der Waals surface area contributed by atoms with Crippen LogP contribution in [0.1, 0.15) is 15.2 Å². The Hall–Kier alpha value is -3.64. The molecule has 4 rings (SSSR count). The van der Waals surface area contributed by atoms with Gasteiger partial charge in [0.2, 0.25) is 0 Å². The van der Waals surface area contributed by atoms with Crippen LogP contribution in [0.5, 0.6) is 5.75 Å². The second kappa shape index (κ2) is 7.77. The molecule has 0 radical (unpaired) electrons. The van der Waals surface area contributed by atoms with Gasteiger partial charge >= 0.3 is 5.97 Å². The van der Waals surface area contributed by atoms with E-state index in [1.54, 1.807) is 6.07 Å². The Morgan fingerprint density at radius 3 is 2.28 bits per heavy atom. The van der Waals surface area contributed by atoms with Gasteiger partial charge in [-0.05, 0) is 48.4 Å². The number of anilines is 2. The Morgan fingerprint density at radius 2 is 1.59 bits per heavy atom. The van der Waals surface area contributed by atoms with Gasteiger partial charge in [0.15, 0.2) is 5.13 Å². The molecule has 0 aliphatic heterocycles. The van der Waals surface area contributed by atoms with Crippen LogP contribution >= 0.6 is 11.3 Å². The fourth-order valence-electron chi connectivity index (χ4n) is 3.07. The molecule has 0 saturated carbocycles. The van der Waals surface area contributed by atoms with Crippen molar-refractivity contribution in [2.24, 2.45) is 0 Å². The van der Waals surface area contributed by atoms with E-state index in [0.717, 1.165) is 26.8 Å². The van der Waals surface area contributed by atoms with Gasteiger partial charge in [-0.3, -0.25) is 0 Å². The second-order valence-corrected chi connectivity index (χ2v) is 7.73. The predicted molar refractivity (Wildman–Crippen MR) is 116 cm³/mol. The lowest BCUT2D eigenvalue weighted by atomic mass is 10.1. The summed E-state index contributed by atoms with van der Waals surface area (Å²) >= 11 is 1.49. The number of phenols is 1. The second-order valence-electron chi connectivity index (χ2n) is 6.53. The van der Waals surface area contributed by atoms with Crippen molar-refractivity contribution < 1.29 is 15.0 Å². The third-order valence-corrected chi connectivity index (χ3v) is 5.43. The first kappa shape index (κ1) is 18.7. The van der Waals surface area contributed by atoms with E-state index in [9.17, 15) is 15.0 Å². The van der Waals surface area contributed by atoms with E-state index in [4.69, 9.17) is 0 Å². The van der Waals surface area contributed by atoms with Crippen molar-refractivity contribution in [1.29, 1.82) is 0 Å². The normalized spacial score (nSPS) is 10.7. The average Bonchev–Trinajstić information content (AvgIpc) is 3.09. The van der Waals surface area contributed by atoms with Crippen molar-refractivity contribution in [3.05, 3.63) is 83.2 Å². The Morgan fingerprint density at radius 1 is 0.931 bits per heavy atom. The van der Waals surface area contributed by atoms with Gasteiger partial charge in [0.1, 0.15) is 11.3 Å². The molecule has 0 amide bonds. The molecule has 0 unspecified atom stereocenters. The van der Waals surface area contributed by atoms with Gasteiger partial charge in [-0.25, -0.2) is 9.78 Å². The van der Waals surface area contributed by atoms with Crippen molar-refractivity contribution in [2.45, 2.75) is 6.92 Å². The lowest BCUT2D eigenvalue weighted by Gasteiger charge is -2.05. The lowest BCUT2D eigenvalue weighted by molar-refractivity contribution is 0.0694. The van der Waals surface area contributed by atoms with Crippen LogP contribution in [0, 0.1) is 6.92 Å². The number of aromatic hydroxyl groups is 1. The maximum Gasteiger partial charge on any atom is 0.339 e. The molecular weight excluding hydrogens is 384 g/mol. The maximum absolute atomic E-state index is 11.3. The summed E-state index contributed by atoms with van der Waals surface area (Å²) in [7, 11) is 0. The number of aromatic nitrogens is 1. The standard InChI is InChI=1S/C23H18N2O3S/c1-14-21(17-9-12-20(26)19(13-17)22(27)28)25-23(29-14)24-18-10-7-16(8-11-18)15-5-3-2-4-6-15/h2-13,26H,1H3,(H,24,25)(H,27,28). The number of carboxylic acid groups (broad SMARTS) is 1. The summed E-state index contributed by atoms with van der Waals surface area (Å²) in [4.78, 5) is 16.8. The smallest absolute Gasteiger partial charge is 0.339 e. The molecule has 4 aromatic rings. The molecule has 5 nitrogen and oxygen atoms in total. The van der Waals surface area contributed by atoms with E-state index in [1.807, 2.05) is 37.3 Å². The Bertz CT molecular complexity index is 1170. The molecule has 3 aromatic carbocycles. The largest absolute Gasteiger partial charge is 0.507 e. The zero-order valence-electron chi connectivity index (χ0n) is 15.6. The number of nitrogens with one attached hydrogen (secondary N) is 1. The van der Waals surface area contributed by atoms with Gasteiger partial charge in [0, 0.05) is 16.1 Å². The van der Waals surface area contributed by atoms with Gasteiger partial charge in [0.25, 0.3) is 0 Å². The molecule has 0 spiro atoms. The summed E-state index contributed by atoms with van der Waals surface area (Å²) in [6.45, 7) is 1.93. The van der Waals surface area contributed by atoms with Crippen LogP contribution in [-0.2, 0) is 0 Å². The first-order valence-corrected chi connectivity index (χ1v) is 9.79. The van der Waals surface area contributed by atoms with Crippen molar-refractivity contribution in [1.82, 2.24) is 4.98 Å². The van der Waals surface area contributed by atoms with Gasteiger partial charge in [-0.2, -0.15) is 0 Å². The summed E-state index contributed by atoms with van der Waals surface area (Å²) in [6.07, 6.45) is 0. The van der Waals surface area contributed by atoms with Crippen LogP contribution in [0.4, 0.5) is 10.8 Å². The van der Waals surface area contributed by atoms with Crippen LogP contribution < -0.4 is 5.32 Å². The fourth-order valence-corrected chi connectivity index (χ4v) is 3.93. The first-order chi connectivity index (χ1) is 14.0. The zero-order chi connectivity index (χ0) is 20.4. The van der Waals surface area contributed by atoms with E-state index in [1.165, 1.54) is 23.5 Å². The number of carboxylic acids is 1. The predicted octanol–water partition coefficient (Wildman–Crippen LogP) is 5.93. The highest BCUT2D eigenvalue weighted by Gasteiger charge is 2.15. The molecule has 144 valence electrons. The maximum atomic E-state index is 11.3. The highest BCUT2D eigenvalue weighted by molar-refractivity contribution is 7.16. The number of aromatic carboxylic acids is 1. The topological polar surface area (TPSA) is 82.5 Å². The van der Waals surface area contributed by atoms with Crippen molar-refractivity contribution >= 4 is 28.1 Å². The summed E-state index contributed by atoms with van der Waals surface area (Å²) in [5.41, 5.74) is 4.43. The number of carbonyl (C=O) groups is 1. The summed E-state index contributed by atoms with van der Waals surface area (Å²) in [5.74, 6) is -1.43. The SMILES string of the molecule is Cc1sc(Nc2ccc(-c3ccccc3)cc2)nc1-c1ccc(O)c(C(=O)O)c1. The van der Waals surface area contributed by atoms with E-state index < -0.39 is 5.97 Å². The Balaban J connectivity index is 1.57. The summed E-state index contributed by atoms with van der Waals surface area (Å²) in [6, 6.07) is 22.8. The number of thiazole rings is 1. The molecule has 0 aliphatic rings. The number of hydrogen-bond acceptors (Lipinski definition) is 5. The van der Waals surface area contributed by atoms with Gasteiger partial charge in [-0.1, -0.05) is 42.5 Å². The third kappa shape index (κ3) is 3.97. The molecule has 0 saturated heterocycles. The van der Waals surface area contributed by atoms with Crippen LogP contribution in [0.2, 0.25) is 0 Å². The zero-order valence-corrected chi connectivity index (χ0v) is 16.4. The monoisotopic (exact) mass is 402 g/mol. The molecular formula is C23H18N2O3S. The van der Waals surface area contributed by atoms with Crippen LogP contribution in [0.15, 0.2) is 72.8 Å². The average molecular weight is 402 g/mol. The van der Waals surface area contributed by atoms with Gasteiger partial charge in [-0.15, -0.1) is 11.3 Å². The molecule has 0 bridgehead atoms. The number of benzene rings is 3. The van der Waals surface area contributed by atoms with Gasteiger partial charge < -0.3 is 15.5 Å². The van der Waals surface area contributed by atoms with E-state index in [2.05, 4.69) is 34.6 Å². The third-order valence-electron chi connectivity index (χ3n) is 4.54. The van der Waals surface area contributed by atoms with Crippen molar-refractivity contribution in [3.8, 4) is 28.1 Å². The minimum absolute atomic E-state index is 0.138. The summed E-state index contributed by atoms with van der Waals surface area (Å²) in [5, 5.41) is 23.0. The molecule has 1 aromatic heterocycles. The van der Waals surface area contributed by atoms with E-state index >= 15 is 0 Å². The molecule has 6 heteroatoms. The highest BCUT2D eigenvalue weighted by atomic mass is 32.1. The number of nitrogens with zero attached hydrogens (tertiary/aromatic N) is 1. The summed E-state index contributed by atoms with van der Waals surface area (Å²) < 4.78 is 0. The van der Waals surface area contributed by atoms with E-state index in [0.29, 0.717) is 11.3 Å². The Labute approximate surface area is 171 Å². The van der Waals surface area contributed by atoms with Crippen LogP contribution in [0.25, 0.3) is 22.4 Å². The minimum Gasteiger partial charge on any atom is -0.507 e. The number of aryl methyl sites for hydroxylation is 1. The molecule has 1 heterocycles. The quantitative estimate of drug-likeness (QED) is 0.385. The van der Waals surface area contributed by atoms with E-state index in [-0.39, 0.29) is 11.3 Å². The minimum atomic E-state index is -1.17. The molecule has 0 aliphatic carbocycles. The fraction of sp³-hybridized carbons (Fsp3) is 0.0435. The first-order valence-electron chi connectivity index (χ1n) is 8.98. The molecule has 0 atom stereocenters. The molecule has 3 N–H and O–H groups in total. The van der Waals surface area contributed by atoms with Crippen LogP contribution in [-0.4, -0.2) is 21.2 Å². The number of rotatable bonds is 5.